The van der Waals surface area contributed by atoms with Crippen LogP contribution in [-0.4, -0.2) is 31.1 Å². The number of nitrogens with zero attached hydrogens (tertiary/aromatic N) is 1. The van der Waals surface area contributed by atoms with Crippen molar-refractivity contribution in [2.45, 2.75) is 25.4 Å². The molecule has 1 aliphatic heterocycles. The summed E-state index contributed by atoms with van der Waals surface area (Å²) >= 11 is 12.0. The minimum Gasteiger partial charge on any atom is -0.317 e. The molecule has 0 spiro atoms. The Morgan fingerprint density at radius 1 is 1.18 bits per heavy atom. The first-order chi connectivity index (χ1) is 8.17. The Kier molecular flexibility index (Phi) is 4.69. The van der Waals surface area contributed by atoms with Crippen molar-refractivity contribution in [2.75, 3.05) is 20.1 Å². The molecular formula is C13H18Cl2N2. The minimum atomic E-state index is 0.675. The first-order valence-corrected chi connectivity index (χ1v) is 6.77. The van der Waals surface area contributed by atoms with Crippen molar-refractivity contribution in [1.29, 1.82) is 0 Å². The zero-order valence-corrected chi connectivity index (χ0v) is 11.6. The highest BCUT2D eigenvalue weighted by Gasteiger charge is 2.17. The van der Waals surface area contributed by atoms with Gasteiger partial charge in [-0.15, -0.1) is 0 Å². The van der Waals surface area contributed by atoms with Crippen LogP contribution in [0.25, 0.3) is 0 Å². The fourth-order valence-electron chi connectivity index (χ4n) is 2.34. The fraction of sp³-hybridized carbons (Fsp3) is 0.538. The highest BCUT2D eigenvalue weighted by molar-refractivity contribution is 6.34. The van der Waals surface area contributed by atoms with E-state index in [2.05, 4.69) is 10.2 Å². The van der Waals surface area contributed by atoms with Crippen LogP contribution < -0.4 is 5.32 Å². The van der Waals surface area contributed by atoms with Gasteiger partial charge in [0.05, 0.1) is 0 Å². The zero-order valence-electron chi connectivity index (χ0n) is 10.0. The number of hydrogen-bond donors (Lipinski definition) is 1. The van der Waals surface area contributed by atoms with Crippen LogP contribution in [0.3, 0.4) is 0 Å². The third-order valence-corrected chi connectivity index (χ3v) is 3.76. The third kappa shape index (κ3) is 3.85. The maximum atomic E-state index is 6.00. The topological polar surface area (TPSA) is 15.3 Å². The molecule has 0 radical (unpaired) electrons. The van der Waals surface area contributed by atoms with Crippen molar-refractivity contribution in [3.05, 3.63) is 33.8 Å². The van der Waals surface area contributed by atoms with E-state index in [9.17, 15) is 0 Å². The van der Waals surface area contributed by atoms with Gasteiger partial charge >= 0.3 is 0 Å². The van der Waals surface area contributed by atoms with E-state index in [1.165, 1.54) is 18.4 Å². The molecule has 1 aromatic rings. The highest BCUT2D eigenvalue weighted by Crippen LogP contribution is 2.21. The molecule has 1 aliphatic rings. The van der Waals surface area contributed by atoms with Gasteiger partial charge in [0, 0.05) is 22.6 Å². The second-order valence-electron chi connectivity index (χ2n) is 4.62. The summed E-state index contributed by atoms with van der Waals surface area (Å²) in [7, 11) is 2.04. The molecule has 1 N–H and O–H groups in total. The zero-order chi connectivity index (χ0) is 12.3. The Morgan fingerprint density at radius 2 is 1.76 bits per heavy atom. The number of piperidine rings is 1. The molecule has 94 valence electrons. The Morgan fingerprint density at radius 3 is 2.29 bits per heavy atom. The van der Waals surface area contributed by atoms with Crippen molar-refractivity contribution in [2.24, 2.45) is 0 Å². The average molecular weight is 273 g/mol. The summed E-state index contributed by atoms with van der Waals surface area (Å²) in [4.78, 5) is 2.45. The molecule has 0 bridgehead atoms. The van der Waals surface area contributed by atoms with E-state index in [4.69, 9.17) is 23.2 Å². The van der Waals surface area contributed by atoms with Crippen LogP contribution in [-0.2, 0) is 6.54 Å². The lowest BCUT2D eigenvalue weighted by atomic mass is 10.0. The van der Waals surface area contributed by atoms with E-state index < -0.39 is 0 Å². The summed E-state index contributed by atoms with van der Waals surface area (Å²) in [6.07, 6.45) is 2.43. The van der Waals surface area contributed by atoms with Gasteiger partial charge in [-0.1, -0.05) is 23.2 Å². The largest absolute Gasteiger partial charge is 0.317 e. The molecule has 1 heterocycles. The number of likely N-dealkylation sites (tertiary alicyclic amines) is 1. The molecule has 0 amide bonds. The Labute approximate surface area is 113 Å². The molecule has 4 heteroatoms. The van der Waals surface area contributed by atoms with Gasteiger partial charge in [-0.2, -0.15) is 0 Å². The molecule has 1 fully saturated rings. The predicted octanol–water partition coefficient (Wildman–Crippen LogP) is 3.18. The predicted molar refractivity (Wildman–Crippen MR) is 73.8 cm³/mol. The number of hydrogen-bond acceptors (Lipinski definition) is 2. The van der Waals surface area contributed by atoms with Crippen molar-refractivity contribution in [3.63, 3.8) is 0 Å². The monoisotopic (exact) mass is 272 g/mol. The van der Waals surface area contributed by atoms with Crippen molar-refractivity contribution in [3.8, 4) is 0 Å². The van der Waals surface area contributed by atoms with Gasteiger partial charge < -0.3 is 5.32 Å². The molecule has 17 heavy (non-hydrogen) atoms. The molecular weight excluding hydrogens is 255 g/mol. The Balaban J connectivity index is 1.93. The minimum absolute atomic E-state index is 0.675. The first-order valence-electron chi connectivity index (χ1n) is 6.02. The lowest BCUT2D eigenvalue weighted by Crippen LogP contribution is -2.40. The van der Waals surface area contributed by atoms with E-state index >= 15 is 0 Å². The SMILES string of the molecule is CNC1CCN(Cc2cc(Cl)cc(Cl)c2)CC1. The summed E-state index contributed by atoms with van der Waals surface area (Å²) in [5, 5.41) is 4.78. The van der Waals surface area contributed by atoms with Crippen LogP contribution >= 0.6 is 23.2 Å². The first kappa shape index (κ1) is 13.2. The smallest absolute Gasteiger partial charge is 0.0424 e. The van der Waals surface area contributed by atoms with Crippen LogP contribution in [0.1, 0.15) is 18.4 Å². The molecule has 0 aromatic heterocycles. The second kappa shape index (κ2) is 6.05. The van der Waals surface area contributed by atoms with E-state index in [-0.39, 0.29) is 0 Å². The lowest BCUT2D eigenvalue weighted by molar-refractivity contribution is 0.194. The van der Waals surface area contributed by atoms with E-state index in [0.29, 0.717) is 6.04 Å². The molecule has 2 nitrogen and oxygen atoms in total. The Bertz CT molecular complexity index is 353. The Hall–Kier alpha value is -0.280. The molecule has 1 aromatic carbocycles. The number of rotatable bonds is 3. The van der Waals surface area contributed by atoms with Crippen LogP contribution in [0, 0.1) is 0 Å². The lowest BCUT2D eigenvalue weighted by Gasteiger charge is -2.31. The maximum Gasteiger partial charge on any atom is 0.0424 e. The van der Waals surface area contributed by atoms with Crippen LogP contribution in [0.5, 0.6) is 0 Å². The molecule has 0 unspecified atom stereocenters. The highest BCUT2D eigenvalue weighted by atomic mass is 35.5. The van der Waals surface area contributed by atoms with Gasteiger partial charge in [0.25, 0.3) is 0 Å². The molecule has 0 saturated carbocycles. The summed E-state index contributed by atoms with van der Waals surface area (Å²) in [6, 6.07) is 6.45. The quantitative estimate of drug-likeness (QED) is 0.910. The molecule has 1 saturated heterocycles. The normalized spacial score (nSPS) is 18.5. The van der Waals surface area contributed by atoms with Gasteiger partial charge in [-0.05, 0) is 56.7 Å². The van der Waals surface area contributed by atoms with Crippen molar-refractivity contribution >= 4 is 23.2 Å². The molecule has 2 rings (SSSR count). The van der Waals surface area contributed by atoms with Gasteiger partial charge in [-0.3, -0.25) is 4.90 Å². The standard InChI is InChI=1S/C13H18Cl2N2/c1-16-13-2-4-17(5-3-13)9-10-6-11(14)8-12(15)7-10/h6-8,13,16H,2-5,9H2,1H3. The number of nitrogens with one attached hydrogen (secondary N) is 1. The van der Waals surface area contributed by atoms with Crippen LogP contribution in [0.15, 0.2) is 18.2 Å². The summed E-state index contributed by atoms with van der Waals surface area (Å²) < 4.78 is 0. The van der Waals surface area contributed by atoms with Crippen LogP contribution in [0.2, 0.25) is 10.0 Å². The number of benzene rings is 1. The van der Waals surface area contributed by atoms with Gasteiger partial charge in [0.1, 0.15) is 0 Å². The number of halogens is 2. The van der Waals surface area contributed by atoms with Gasteiger partial charge in [0.15, 0.2) is 0 Å². The fourth-order valence-corrected chi connectivity index (χ4v) is 2.91. The average Bonchev–Trinajstić information content (AvgIpc) is 2.28. The summed E-state index contributed by atoms with van der Waals surface area (Å²) in [5.41, 5.74) is 1.20. The third-order valence-electron chi connectivity index (χ3n) is 3.32. The van der Waals surface area contributed by atoms with Gasteiger partial charge in [0.2, 0.25) is 0 Å². The van der Waals surface area contributed by atoms with Crippen molar-refractivity contribution in [1.82, 2.24) is 10.2 Å². The molecule has 0 aliphatic carbocycles. The van der Waals surface area contributed by atoms with Crippen molar-refractivity contribution < 1.29 is 0 Å². The van der Waals surface area contributed by atoms with E-state index in [1.807, 2.05) is 19.2 Å². The van der Waals surface area contributed by atoms with Crippen LogP contribution in [0.4, 0.5) is 0 Å². The summed E-state index contributed by atoms with van der Waals surface area (Å²) in [6.45, 7) is 3.21. The van der Waals surface area contributed by atoms with E-state index in [0.717, 1.165) is 29.7 Å². The molecule has 0 atom stereocenters. The van der Waals surface area contributed by atoms with E-state index in [1.54, 1.807) is 6.07 Å². The maximum absolute atomic E-state index is 6.00. The summed E-state index contributed by atoms with van der Waals surface area (Å²) in [5.74, 6) is 0. The second-order valence-corrected chi connectivity index (χ2v) is 5.49. The van der Waals surface area contributed by atoms with Gasteiger partial charge in [-0.25, -0.2) is 0 Å².